The maximum absolute atomic E-state index is 11.7. The molecular weight excluding hydrogens is 330 g/mol. The molecule has 0 saturated heterocycles. The Morgan fingerprint density at radius 3 is 2.79 bits per heavy atom. The van der Waals surface area contributed by atoms with Crippen LogP contribution < -0.4 is 5.32 Å². The van der Waals surface area contributed by atoms with E-state index in [1.54, 1.807) is 25.1 Å². The first-order valence-corrected chi connectivity index (χ1v) is 6.72. The van der Waals surface area contributed by atoms with Crippen LogP contribution in [0.1, 0.15) is 16.3 Å². The van der Waals surface area contributed by atoms with Gasteiger partial charge in [0.15, 0.2) is 5.76 Å². The first kappa shape index (κ1) is 13.9. The van der Waals surface area contributed by atoms with Crippen LogP contribution in [0.15, 0.2) is 51.5 Å². The van der Waals surface area contributed by atoms with Crippen molar-refractivity contribution in [3.05, 3.63) is 63.6 Å². The van der Waals surface area contributed by atoms with E-state index in [2.05, 4.69) is 21.2 Å². The summed E-state index contributed by atoms with van der Waals surface area (Å²) in [4.78, 5) is 11.7. The first-order valence-electron chi connectivity index (χ1n) is 5.55. The fraction of sp³-hybridized carbons (Fsp3) is 0.0714. The number of anilines is 1. The minimum atomic E-state index is -0.200. The van der Waals surface area contributed by atoms with Gasteiger partial charge in [-0.25, -0.2) is 0 Å². The third-order valence-corrected chi connectivity index (χ3v) is 3.19. The average Bonchev–Trinajstić information content (AvgIpc) is 2.78. The molecule has 19 heavy (non-hydrogen) atoms. The standard InChI is InChI=1S/C14H11BrClNO2/c1-9-2-5-14(19-9)13(18)6-7-17-12-4-3-10(15)8-11(12)16/h2-8,17H,1H3. The zero-order valence-corrected chi connectivity index (χ0v) is 12.5. The van der Waals surface area contributed by atoms with Crippen molar-refractivity contribution in [2.24, 2.45) is 0 Å². The topological polar surface area (TPSA) is 42.2 Å². The van der Waals surface area contributed by atoms with Crippen molar-refractivity contribution in [1.29, 1.82) is 0 Å². The molecule has 3 nitrogen and oxygen atoms in total. The Kier molecular flexibility index (Phi) is 4.45. The summed E-state index contributed by atoms with van der Waals surface area (Å²) in [6, 6.07) is 8.85. The second kappa shape index (κ2) is 6.08. The second-order valence-corrected chi connectivity index (χ2v) is 5.20. The summed E-state index contributed by atoms with van der Waals surface area (Å²) in [5.41, 5.74) is 0.726. The normalized spacial score (nSPS) is 10.9. The summed E-state index contributed by atoms with van der Waals surface area (Å²) < 4.78 is 6.12. The number of furan rings is 1. The van der Waals surface area contributed by atoms with Crippen LogP contribution in [0.25, 0.3) is 0 Å². The van der Waals surface area contributed by atoms with E-state index in [1.165, 1.54) is 12.3 Å². The average molecular weight is 341 g/mol. The van der Waals surface area contributed by atoms with Crippen molar-refractivity contribution in [2.45, 2.75) is 6.92 Å². The highest BCUT2D eigenvalue weighted by atomic mass is 79.9. The molecule has 1 N–H and O–H groups in total. The Morgan fingerprint density at radius 2 is 2.16 bits per heavy atom. The van der Waals surface area contributed by atoms with Crippen LogP contribution in [0.5, 0.6) is 0 Å². The van der Waals surface area contributed by atoms with Crippen molar-refractivity contribution in [3.63, 3.8) is 0 Å². The predicted octanol–water partition coefficient (Wildman–Crippen LogP) is 4.81. The van der Waals surface area contributed by atoms with Gasteiger partial charge in [0.2, 0.25) is 5.78 Å². The van der Waals surface area contributed by atoms with Gasteiger partial charge in [-0.3, -0.25) is 4.79 Å². The summed E-state index contributed by atoms with van der Waals surface area (Å²) in [6.45, 7) is 1.79. The van der Waals surface area contributed by atoms with Crippen LogP contribution in [0.3, 0.4) is 0 Å². The van der Waals surface area contributed by atoms with Gasteiger partial charge in [0.05, 0.1) is 10.7 Å². The molecule has 1 aromatic heterocycles. The third-order valence-electron chi connectivity index (χ3n) is 2.39. The lowest BCUT2D eigenvalue weighted by atomic mass is 10.3. The van der Waals surface area contributed by atoms with Crippen LogP contribution >= 0.6 is 27.5 Å². The quantitative estimate of drug-likeness (QED) is 0.641. The van der Waals surface area contributed by atoms with Crippen LogP contribution in [-0.2, 0) is 0 Å². The third kappa shape index (κ3) is 3.72. The number of aryl methyl sites for hydroxylation is 1. The number of carbonyl (C=O) groups excluding carboxylic acids is 1. The summed E-state index contributed by atoms with van der Waals surface area (Å²) in [7, 11) is 0. The highest BCUT2D eigenvalue weighted by molar-refractivity contribution is 9.10. The van der Waals surface area contributed by atoms with Gasteiger partial charge in [0, 0.05) is 16.7 Å². The van der Waals surface area contributed by atoms with Gasteiger partial charge in [-0.1, -0.05) is 27.5 Å². The number of allylic oxidation sites excluding steroid dienone is 1. The molecule has 0 unspecified atom stereocenters. The van der Waals surface area contributed by atoms with Crippen molar-refractivity contribution in [3.8, 4) is 0 Å². The number of carbonyl (C=O) groups is 1. The molecule has 1 aromatic carbocycles. The Morgan fingerprint density at radius 1 is 1.37 bits per heavy atom. The Hall–Kier alpha value is -1.52. The molecule has 0 atom stereocenters. The van der Waals surface area contributed by atoms with E-state index in [0.717, 1.165) is 10.2 Å². The van der Waals surface area contributed by atoms with Crippen LogP contribution in [0.4, 0.5) is 5.69 Å². The Balaban J connectivity index is 2.02. The molecule has 0 saturated carbocycles. The zero-order chi connectivity index (χ0) is 13.8. The Bertz CT molecular complexity index is 634. The molecule has 0 radical (unpaired) electrons. The summed E-state index contributed by atoms with van der Waals surface area (Å²) in [5, 5.41) is 3.52. The van der Waals surface area contributed by atoms with Crippen LogP contribution in [-0.4, -0.2) is 5.78 Å². The van der Waals surface area contributed by atoms with E-state index in [4.69, 9.17) is 16.0 Å². The first-order chi connectivity index (χ1) is 9.06. The Labute approximate surface area is 124 Å². The number of nitrogens with one attached hydrogen (secondary N) is 1. The van der Waals surface area contributed by atoms with Crippen molar-refractivity contribution in [1.82, 2.24) is 0 Å². The molecule has 0 amide bonds. The van der Waals surface area contributed by atoms with Crippen molar-refractivity contribution < 1.29 is 9.21 Å². The summed E-state index contributed by atoms with van der Waals surface area (Å²) >= 11 is 9.36. The minimum absolute atomic E-state index is 0.200. The zero-order valence-electron chi connectivity index (χ0n) is 10.1. The molecule has 1 heterocycles. The van der Waals surface area contributed by atoms with Gasteiger partial charge in [-0.05, 0) is 37.3 Å². The fourth-order valence-electron chi connectivity index (χ4n) is 1.46. The highest BCUT2D eigenvalue weighted by Gasteiger charge is 2.05. The van der Waals surface area contributed by atoms with E-state index in [-0.39, 0.29) is 5.78 Å². The molecule has 0 bridgehead atoms. The minimum Gasteiger partial charge on any atom is -0.458 e. The maximum atomic E-state index is 11.7. The second-order valence-electron chi connectivity index (χ2n) is 3.88. The maximum Gasteiger partial charge on any atom is 0.222 e. The number of ketones is 1. The predicted molar refractivity (Wildman–Crippen MR) is 79.7 cm³/mol. The van der Waals surface area contributed by atoms with E-state index < -0.39 is 0 Å². The van der Waals surface area contributed by atoms with Gasteiger partial charge in [0.1, 0.15) is 5.76 Å². The van der Waals surface area contributed by atoms with Gasteiger partial charge in [-0.15, -0.1) is 0 Å². The highest BCUT2D eigenvalue weighted by Crippen LogP contribution is 2.25. The lowest BCUT2D eigenvalue weighted by Crippen LogP contribution is -1.94. The lowest BCUT2D eigenvalue weighted by molar-refractivity contribution is 0.102. The molecule has 0 aliphatic heterocycles. The lowest BCUT2D eigenvalue weighted by Gasteiger charge is -2.03. The molecule has 0 fully saturated rings. The van der Waals surface area contributed by atoms with Gasteiger partial charge < -0.3 is 9.73 Å². The van der Waals surface area contributed by atoms with Crippen molar-refractivity contribution >= 4 is 39.0 Å². The molecule has 2 aromatic rings. The van der Waals surface area contributed by atoms with Crippen LogP contribution in [0, 0.1) is 6.92 Å². The molecule has 2 rings (SSSR count). The number of hydrogen-bond acceptors (Lipinski definition) is 3. The molecule has 0 aliphatic carbocycles. The largest absolute Gasteiger partial charge is 0.458 e. The van der Waals surface area contributed by atoms with E-state index >= 15 is 0 Å². The molecular formula is C14H11BrClNO2. The molecule has 0 spiro atoms. The van der Waals surface area contributed by atoms with Gasteiger partial charge in [-0.2, -0.15) is 0 Å². The fourth-order valence-corrected chi connectivity index (χ4v) is 2.19. The van der Waals surface area contributed by atoms with E-state index in [0.29, 0.717) is 16.5 Å². The van der Waals surface area contributed by atoms with Crippen LogP contribution in [0.2, 0.25) is 5.02 Å². The van der Waals surface area contributed by atoms with Crippen molar-refractivity contribution in [2.75, 3.05) is 5.32 Å². The number of rotatable bonds is 4. The number of halogens is 2. The van der Waals surface area contributed by atoms with Gasteiger partial charge in [0.25, 0.3) is 0 Å². The monoisotopic (exact) mass is 339 g/mol. The molecule has 5 heteroatoms. The van der Waals surface area contributed by atoms with E-state index in [1.807, 2.05) is 12.1 Å². The molecule has 0 aliphatic rings. The summed E-state index contributed by atoms with van der Waals surface area (Å²) in [5.74, 6) is 0.826. The van der Waals surface area contributed by atoms with E-state index in [9.17, 15) is 4.79 Å². The number of hydrogen-bond donors (Lipinski definition) is 1. The van der Waals surface area contributed by atoms with Gasteiger partial charge >= 0.3 is 0 Å². The smallest absolute Gasteiger partial charge is 0.222 e. The summed E-state index contributed by atoms with van der Waals surface area (Å²) in [6.07, 6.45) is 2.94. The SMILES string of the molecule is Cc1ccc(C(=O)C=CNc2ccc(Br)cc2Cl)o1. The molecule has 98 valence electrons. The number of benzene rings is 1.